The minimum atomic E-state index is -0.612. The van der Waals surface area contributed by atoms with Crippen LogP contribution in [0.15, 0.2) is 28.7 Å². The highest BCUT2D eigenvalue weighted by Crippen LogP contribution is 2.29. The quantitative estimate of drug-likeness (QED) is 0.843. The summed E-state index contributed by atoms with van der Waals surface area (Å²) in [7, 11) is 1.33. The van der Waals surface area contributed by atoms with Crippen molar-refractivity contribution in [3.8, 4) is 0 Å². The fourth-order valence-electron chi connectivity index (χ4n) is 1.83. The lowest BCUT2D eigenvalue weighted by Gasteiger charge is -2.16. The van der Waals surface area contributed by atoms with E-state index < -0.39 is 12.0 Å². The van der Waals surface area contributed by atoms with E-state index in [1.165, 1.54) is 7.11 Å². The lowest BCUT2D eigenvalue weighted by molar-refractivity contribution is -0.145. The van der Waals surface area contributed by atoms with Crippen LogP contribution >= 0.6 is 15.9 Å². The molecule has 1 atom stereocenters. The molecule has 0 saturated heterocycles. The minimum absolute atomic E-state index is 0.0486. The van der Waals surface area contributed by atoms with E-state index >= 15 is 0 Å². The summed E-state index contributed by atoms with van der Waals surface area (Å²) >= 11 is 3.36. The van der Waals surface area contributed by atoms with Gasteiger partial charge in [-0.1, -0.05) is 28.1 Å². The standard InChI is InChI=1S/C14H16BrNO3/c1-19-14(18)12(16-13(17)10-4-5-10)8-9-2-6-11(15)7-3-9/h2-3,6-7,10,12H,4-5,8H2,1H3,(H,16,17)/t12-/m0/s1. The zero-order valence-electron chi connectivity index (χ0n) is 10.7. The van der Waals surface area contributed by atoms with Crippen LogP contribution in [0.25, 0.3) is 0 Å². The maximum absolute atomic E-state index is 11.8. The smallest absolute Gasteiger partial charge is 0.328 e. The first-order valence-electron chi connectivity index (χ1n) is 6.23. The fourth-order valence-corrected chi connectivity index (χ4v) is 2.09. The number of methoxy groups -OCH3 is 1. The topological polar surface area (TPSA) is 55.4 Å². The molecule has 1 amide bonds. The van der Waals surface area contributed by atoms with Crippen LogP contribution in [-0.4, -0.2) is 25.0 Å². The van der Waals surface area contributed by atoms with Crippen molar-refractivity contribution in [2.24, 2.45) is 5.92 Å². The predicted molar refractivity (Wildman–Crippen MR) is 74.5 cm³/mol. The molecule has 0 radical (unpaired) electrons. The Bertz CT molecular complexity index is 468. The molecule has 1 N–H and O–H groups in total. The summed E-state index contributed by atoms with van der Waals surface area (Å²) in [4.78, 5) is 23.5. The lowest BCUT2D eigenvalue weighted by Crippen LogP contribution is -2.43. The van der Waals surface area contributed by atoms with Crippen molar-refractivity contribution in [3.63, 3.8) is 0 Å². The zero-order valence-corrected chi connectivity index (χ0v) is 12.3. The molecule has 102 valence electrons. The average molecular weight is 326 g/mol. The normalized spacial score (nSPS) is 15.7. The Labute approximate surface area is 120 Å². The Hall–Kier alpha value is -1.36. The molecule has 0 unspecified atom stereocenters. The molecule has 1 aliphatic carbocycles. The molecular formula is C14H16BrNO3. The van der Waals surface area contributed by atoms with E-state index in [-0.39, 0.29) is 11.8 Å². The number of nitrogens with one attached hydrogen (secondary N) is 1. The van der Waals surface area contributed by atoms with Crippen LogP contribution in [-0.2, 0) is 20.7 Å². The van der Waals surface area contributed by atoms with Gasteiger partial charge in [-0.2, -0.15) is 0 Å². The van der Waals surface area contributed by atoms with Gasteiger partial charge in [0, 0.05) is 16.8 Å². The number of hydrogen-bond donors (Lipinski definition) is 1. The highest BCUT2D eigenvalue weighted by molar-refractivity contribution is 9.10. The van der Waals surface area contributed by atoms with E-state index in [4.69, 9.17) is 4.74 Å². The average Bonchev–Trinajstić information content (AvgIpc) is 3.24. The third-order valence-electron chi connectivity index (χ3n) is 3.10. The second kappa shape index (κ2) is 6.19. The monoisotopic (exact) mass is 325 g/mol. The first kappa shape index (κ1) is 14.1. The van der Waals surface area contributed by atoms with E-state index in [9.17, 15) is 9.59 Å². The number of halogens is 1. The molecule has 2 rings (SSSR count). The Morgan fingerprint density at radius 3 is 2.53 bits per heavy atom. The highest BCUT2D eigenvalue weighted by Gasteiger charge is 2.32. The Morgan fingerprint density at radius 2 is 2.00 bits per heavy atom. The van der Waals surface area contributed by atoms with Crippen molar-refractivity contribution in [2.75, 3.05) is 7.11 Å². The van der Waals surface area contributed by atoms with E-state index in [0.717, 1.165) is 22.9 Å². The summed E-state index contributed by atoms with van der Waals surface area (Å²) in [5, 5.41) is 2.77. The van der Waals surface area contributed by atoms with E-state index in [1.54, 1.807) is 0 Å². The van der Waals surface area contributed by atoms with Crippen LogP contribution in [0.1, 0.15) is 18.4 Å². The van der Waals surface area contributed by atoms with Gasteiger partial charge in [0.1, 0.15) is 6.04 Å². The summed E-state index contributed by atoms with van der Waals surface area (Å²) in [6.07, 6.45) is 2.27. The molecule has 0 bridgehead atoms. The molecule has 0 heterocycles. The van der Waals surface area contributed by atoms with E-state index in [0.29, 0.717) is 6.42 Å². The summed E-state index contributed by atoms with van der Waals surface area (Å²) < 4.78 is 5.73. The van der Waals surface area contributed by atoms with Crippen LogP contribution < -0.4 is 5.32 Å². The van der Waals surface area contributed by atoms with Gasteiger partial charge in [0.2, 0.25) is 5.91 Å². The molecule has 19 heavy (non-hydrogen) atoms. The number of hydrogen-bond acceptors (Lipinski definition) is 3. The molecule has 0 spiro atoms. The van der Waals surface area contributed by atoms with Crippen LogP contribution in [0.2, 0.25) is 0 Å². The van der Waals surface area contributed by atoms with Gasteiger partial charge in [-0.3, -0.25) is 4.79 Å². The van der Waals surface area contributed by atoms with Crippen molar-refractivity contribution >= 4 is 27.8 Å². The van der Waals surface area contributed by atoms with Crippen LogP contribution in [0.4, 0.5) is 0 Å². The summed E-state index contributed by atoms with van der Waals surface area (Å²) in [6, 6.07) is 7.05. The van der Waals surface area contributed by atoms with E-state index in [1.807, 2.05) is 24.3 Å². The van der Waals surface area contributed by atoms with Crippen LogP contribution in [0.5, 0.6) is 0 Å². The van der Waals surface area contributed by atoms with Gasteiger partial charge in [-0.25, -0.2) is 4.79 Å². The van der Waals surface area contributed by atoms with Crippen molar-refractivity contribution in [1.29, 1.82) is 0 Å². The fraction of sp³-hybridized carbons (Fsp3) is 0.429. The molecule has 0 aromatic heterocycles. The Kier molecular flexibility index (Phi) is 4.58. The number of carbonyl (C=O) groups is 2. The number of carbonyl (C=O) groups excluding carboxylic acids is 2. The second-order valence-corrected chi connectivity index (χ2v) is 5.60. The third kappa shape index (κ3) is 4.06. The minimum Gasteiger partial charge on any atom is -0.467 e. The van der Waals surface area contributed by atoms with Crippen LogP contribution in [0.3, 0.4) is 0 Å². The van der Waals surface area contributed by atoms with Gasteiger partial charge in [-0.15, -0.1) is 0 Å². The molecule has 1 aliphatic rings. The largest absolute Gasteiger partial charge is 0.467 e. The van der Waals surface area contributed by atoms with E-state index in [2.05, 4.69) is 21.2 Å². The number of rotatable bonds is 5. The Morgan fingerprint density at radius 1 is 1.37 bits per heavy atom. The first-order valence-corrected chi connectivity index (χ1v) is 7.02. The maximum Gasteiger partial charge on any atom is 0.328 e. The van der Waals surface area contributed by atoms with Crippen molar-refractivity contribution in [2.45, 2.75) is 25.3 Å². The molecular weight excluding hydrogens is 310 g/mol. The van der Waals surface area contributed by atoms with Gasteiger partial charge in [0.05, 0.1) is 7.11 Å². The number of benzene rings is 1. The van der Waals surface area contributed by atoms with Crippen LogP contribution in [0, 0.1) is 5.92 Å². The number of esters is 1. The van der Waals surface area contributed by atoms with Crippen molar-refractivity contribution in [3.05, 3.63) is 34.3 Å². The van der Waals surface area contributed by atoms with Gasteiger partial charge < -0.3 is 10.1 Å². The molecule has 1 aromatic carbocycles. The molecule has 0 aliphatic heterocycles. The summed E-state index contributed by atoms with van der Waals surface area (Å²) in [5.74, 6) is -0.374. The van der Waals surface area contributed by atoms with Crippen molar-refractivity contribution in [1.82, 2.24) is 5.32 Å². The maximum atomic E-state index is 11.8. The summed E-state index contributed by atoms with van der Waals surface area (Å²) in [6.45, 7) is 0. The summed E-state index contributed by atoms with van der Waals surface area (Å²) in [5.41, 5.74) is 0.981. The van der Waals surface area contributed by atoms with Gasteiger partial charge in [-0.05, 0) is 30.5 Å². The van der Waals surface area contributed by atoms with Gasteiger partial charge in [0.15, 0.2) is 0 Å². The predicted octanol–water partition coefficient (Wildman–Crippen LogP) is 2.06. The highest BCUT2D eigenvalue weighted by atomic mass is 79.9. The first-order chi connectivity index (χ1) is 9.10. The molecule has 4 nitrogen and oxygen atoms in total. The molecule has 1 aromatic rings. The molecule has 1 fully saturated rings. The lowest BCUT2D eigenvalue weighted by atomic mass is 10.1. The molecule has 1 saturated carbocycles. The SMILES string of the molecule is COC(=O)[C@H](Cc1ccc(Br)cc1)NC(=O)C1CC1. The second-order valence-electron chi connectivity index (χ2n) is 4.69. The van der Waals surface area contributed by atoms with Gasteiger partial charge in [0.25, 0.3) is 0 Å². The van der Waals surface area contributed by atoms with Gasteiger partial charge >= 0.3 is 5.97 Å². The number of amides is 1. The third-order valence-corrected chi connectivity index (χ3v) is 3.63. The van der Waals surface area contributed by atoms with Crippen molar-refractivity contribution < 1.29 is 14.3 Å². The molecule has 5 heteroatoms. The Balaban J connectivity index is 2.02. The zero-order chi connectivity index (χ0) is 13.8. The number of ether oxygens (including phenoxy) is 1.